The molecule has 5 aromatic carbocycles. The van der Waals surface area contributed by atoms with E-state index in [-0.39, 0.29) is 24.2 Å². The van der Waals surface area contributed by atoms with Gasteiger partial charge < -0.3 is 15.0 Å². The summed E-state index contributed by atoms with van der Waals surface area (Å²) in [5.41, 5.74) is 4.79. The highest BCUT2D eigenvalue weighted by Crippen LogP contribution is 2.42. The number of carbonyl (C=O) groups is 2. The van der Waals surface area contributed by atoms with Crippen LogP contribution in [0.4, 0.5) is 21.5 Å². The average Bonchev–Trinajstić information content (AvgIpc) is 3.03. The fraction of sp³-hybridized carbons (Fsp3) is 0.0857. The van der Waals surface area contributed by atoms with Crippen molar-refractivity contribution < 1.29 is 18.7 Å². The minimum Gasteiger partial charge on any atom is -0.484 e. The van der Waals surface area contributed by atoms with Crippen molar-refractivity contribution in [3.05, 3.63) is 156 Å². The van der Waals surface area contributed by atoms with Gasteiger partial charge >= 0.3 is 0 Å². The molecule has 208 valence electrons. The highest BCUT2D eigenvalue weighted by molar-refractivity contribution is 6.12. The molecule has 5 aromatic rings. The van der Waals surface area contributed by atoms with Gasteiger partial charge in [-0.1, -0.05) is 72.8 Å². The van der Waals surface area contributed by atoms with E-state index >= 15 is 0 Å². The number of carbonyl (C=O) groups excluding carboxylic acids is 2. The van der Waals surface area contributed by atoms with E-state index in [0.29, 0.717) is 23.5 Å². The van der Waals surface area contributed by atoms with Gasteiger partial charge in [0, 0.05) is 17.9 Å². The van der Waals surface area contributed by atoms with Crippen molar-refractivity contribution in [1.29, 1.82) is 0 Å². The fourth-order valence-corrected chi connectivity index (χ4v) is 5.16. The van der Waals surface area contributed by atoms with Crippen LogP contribution in [-0.4, -0.2) is 18.4 Å². The molecule has 2 amide bonds. The fourth-order valence-electron chi connectivity index (χ4n) is 5.16. The van der Waals surface area contributed by atoms with Gasteiger partial charge in [-0.3, -0.25) is 14.5 Å². The number of para-hydroxylation sites is 2. The molecule has 0 bridgehead atoms. The third-order valence-corrected chi connectivity index (χ3v) is 7.11. The Balaban J connectivity index is 1.30. The molecule has 0 aliphatic carbocycles. The molecule has 1 atom stereocenters. The minimum atomic E-state index is -0.439. The number of benzene rings is 5. The van der Waals surface area contributed by atoms with Crippen LogP contribution >= 0.6 is 0 Å². The second-order valence-electron chi connectivity index (χ2n) is 9.93. The number of halogens is 1. The Kier molecular flexibility index (Phi) is 7.64. The molecule has 42 heavy (non-hydrogen) atoms. The summed E-state index contributed by atoms with van der Waals surface area (Å²) >= 11 is 0. The van der Waals surface area contributed by atoms with Gasteiger partial charge in [0.2, 0.25) is 0 Å². The minimum absolute atomic E-state index is 0.0797. The predicted octanol–water partition coefficient (Wildman–Crippen LogP) is 7.21. The molecular weight excluding hydrogens is 529 g/mol. The second kappa shape index (κ2) is 12.0. The summed E-state index contributed by atoms with van der Waals surface area (Å²) in [5, 5.41) is 2.69. The Hall–Kier alpha value is -5.43. The summed E-state index contributed by atoms with van der Waals surface area (Å²) in [6.45, 7) is 0.378. The first-order valence-electron chi connectivity index (χ1n) is 13.6. The van der Waals surface area contributed by atoms with Gasteiger partial charge in [0.05, 0.1) is 11.3 Å². The SMILES string of the molecule is O=C(COc1ccc([C@@H]2N(Cc3ccccc3)c3ccccc3C(=O)N2c2ccccc2)cc1)Nc1ccc(F)cc1. The average molecular weight is 558 g/mol. The van der Waals surface area contributed by atoms with Crippen LogP contribution in [-0.2, 0) is 11.3 Å². The second-order valence-corrected chi connectivity index (χ2v) is 9.93. The lowest BCUT2D eigenvalue weighted by Crippen LogP contribution is -2.49. The van der Waals surface area contributed by atoms with Gasteiger partial charge in [-0.15, -0.1) is 0 Å². The number of anilines is 3. The summed E-state index contributed by atoms with van der Waals surface area (Å²) in [6.07, 6.45) is -0.439. The predicted molar refractivity (Wildman–Crippen MR) is 162 cm³/mol. The lowest BCUT2D eigenvalue weighted by molar-refractivity contribution is -0.118. The quantitative estimate of drug-likeness (QED) is 0.219. The molecule has 0 saturated carbocycles. The zero-order chi connectivity index (χ0) is 28.9. The van der Waals surface area contributed by atoms with E-state index in [2.05, 4.69) is 22.3 Å². The molecular formula is C35H28FN3O3. The van der Waals surface area contributed by atoms with E-state index in [1.807, 2.05) is 89.8 Å². The maximum absolute atomic E-state index is 14.0. The van der Waals surface area contributed by atoms with Gasteiger partial charge in [0.1, 0.15) is 17.7 Å². The standard InChI is InChI=1S/C35H28FN3O3/c36-27-17-19-28(20-18-27)37-33(40)24-42-30-21-15-26(16-22-30)34-38(23-25-9-3-1-4-10-25)32-14-8-7-13-31(32)35(41)39(34)29-11-5-2-6-12-29/h1-22,34H,23-24H2,(H,37,40)/t34-/m1/s1. The molecule has 1 heterocycles. The van der Waals surface area contributed by atoms with E-state index in [0.717, 1.165) is 22.5 Å². The van der Waals surface area contributed by atoms with Crippen LogP contribution in [0.1, 0.15) is 27.7 Å². The molecule has 1 aliphatic heterocycles. The molecule has 0 fully saturated rings. The van der Waals surface area contributed by atoms with Crippen molar-refractivity contribution in [3.8, 4) is 5.75 Å². The molecule has 1 N–H and O–H groups in total. The number of rotatable bonds is 8. The third kappa shape index (κ3) is 5.71. The Bertz CT molecular complexity index is 1680. The van der Waals surface area contributed by atoms with E-state index in [4.69, 9.17) is 4.74 Å². The van der Waals surface area contributed by atoms with Gasteiger partial charge in [-0.05, 0) is 71.8 Å². The van der Waals surface area contributed by atoms with Gasteiger partial charge in [0.25, 0.3) is 11.8 Å². The van der Waals surface area contributed by atoms with Gasteiger partial charge in [-0.25, -0.2) is 4.39 Å². The summed E-state index contributed by atoms with van der Waals surface area (Å²) in [5.74, 6) is -0.301. The zero-order valence-corrected chi connectivity index (χ0v) is 22.7. The van der Waals surface area contributed by atoms with Crippen molar-refractivity contribution in [2.45, 2.75) is 12.7 Å². The van der Waals surface area contributed by atoms with Crippen LogP contribution < -0.4 is 19.9 Å². The molecule has 0 unspecified atom stereocenters. The molecule has 7 heteroatoms. The lowest BCUT2D eigenvalue weighted by Gasteiger charge is -2.46. The summed E-state index contributed by atoms with van der Waals surface area (Å²) in [4.78, 5) is 30.5. The number of nitrogens with one attached hydrogen (secondary N) is 1. The van der Waals surface area contributed by atoms with E-state index in [9.17, 15) is 14.0 Å². The first-order chi connectivity index (χ1) is 20.6. The number of amides is 2. The third-order valence-electron chi connectivity index (χ3n) is 7.11. The summed E-state index contributed by atoms with van der Waals surface area (Å²) in [6, 6.07) is 40.5. The Morgan fingerprint density at radius 2 is 1.40 bits per heavy atom. The number of nitrogens with zero attached hydrogens (tertiary/aromatic N) is 2. The first-order valence-corrected chi connectivity index (χ1v) is 13.6. The molecule has 6 rings (SSSR count). The Labute approximate surface area is 243 Å². The highest BCUT2D eigenvalue weighted by Gasteiger charge is 2.39. The summed E-state index contributed by atoms with van der Waals surface area (Å²) in [7, 11) is 0. The van der Waals surface area contributed by atoms with Crippen molar-refractivity contribution >= 4 is 28.9 Å². The smallest absolute Gasteiger partial charge is 0.262 e. The largest absolute Gasteiger partial charge is 0.484 e. The molecule has 0 spiro atoms. The van der Waals surface area contributed by atoms with Crippen LogP contribution in [0.2, 0.25) is 0 Å². The normalized spacial score (nSPS) is 14.3. The zero-order valence-electron chi connectivity index (χ0n) is 22.7. The van der Waals surface area contributed by atoms with Crippen molar-refractivity contribution in [2.75, 3.05) is 21.7 Å². The number of hydrogen-bond acceptors (Lipinski definition) is 4. The first kappa shape index (κ1) is 26.8. The molecule has 0 aromatic heterocycles. The van der Waals surface area contributed by atoms with Gasteiger partial charge in [0.15, 0.2) is 6.61 Å². The van der Waals surface area contributed by atoms with Crippen molar-refractivity contribution in [3.63, 3.8) is 0 Å². The Morgan fingerprint density at radius 1 is 0.762 bits per heavy atom. The topological polar surface area (TPSA) is 61.9 Å². The lowest BCUT2D eigenvalue weighted by atomic mass is 9.99. The van der Waals surface area contributed by atoms with Crippen LogP contribution in [0.15, 0.2) is 133 Å². The summed E-state index contributed by atoms with van der Waals surface area (Å²) < 4.78 is 18.9. The number of hydrogen-bond donors (Lipinski definition) is 1. The highest BCUT2D eigenvalue weighted by atomic mass is 19.1. The van der Waals surface area contributed by atoms with Crippen molar-refractivity contribution in [2.24, 2.45) is 0 Å². The molecule has 1 aliphatic rings. The van der Waals surface area contributed by atoms with Crippen LogP contribution in [0.25, 0.3) is 0 Å². The molecule has 6 nitrogen and oxygen atoms in total. The van der Waals surface area contributed by atoms with E-state index in [1.165, 1.54) is 24.3 Å². The Morgan fingerprint density at radius 3 is 2.12 bits per heavy atom. The number of ether oxygens (including phenoxy) is 1. The maximum Gasteiger partial charge on any atom is 0.262 e. The van der Waals surface area contributed by atoms with Crippen LogP contribution in [0.5, 0.6) is 5.75 Å². The molecule has 0 saturated heterocycles. The maximum atomic E-state index is 14.0. The van der Waals surface area contributed by atoms with Crippen LogP contribution in [0, 0.1) is 5.82 Å². The van der Waals surface area contributed by atoms with E-state index in [1.54, 1.807) is 12.1 Å². The monoisotopic (exact) mass is 557 g/mol. The van der Waals surface area contributed by atoms with Gasteiger partial charge in [-0.2, -0.15) is 0 Å². The van der Waals surface area contributed by atoms with E-state index < -0.39 is 6.17 Å². The van der Waals surface area contributed by atoms with Crippen LogP contribution in [0.3, 0.4) is 0 Å². The number of fused-ring (bicyclic) bond motifs is 1. The molecule has 0 radical (unpaired) electrons. The van der Waals surface area contributed by atoms with Crippen molar-refractivity contribution in [1.82, 2.24) is 0 Å².